The van der Waals surface area contributed by atoms with E-state index < -0.39 is 0 Å². The van der Waals surface area contributed by atoms with Crippen LogP contribution in [-0.4, -0.2) is 37.0 Å². The third-order valence-corrected chi connectivity index (χ3v) is 2.91. The van der Waals surface area contributed by atoms with Gasteiger partial charge in [0.25, 0.3) is 0 Å². The van der Waals surface area contributed by atoms with Gasteiger partial charge in [-0.15, -0.1) is 0 Å². The van der Waals surface area contributed by atoms with Crippen LogP contribution in [0.25, 0.3) is 0 Å². The van der Waals surface area contributed by atoms with Crippen molar-refractivity contribution in [3.05, 3.63) is 0 Å². The second-order valence-corrected chi connectivity index (χ2v) is 3.88. The fourth-order valence-electron chi connectivity index (χ4n) is 2.19. The first-order chi connectivity index (χ1) is 5.86. The van der Waals surface area contributed by atoms with Gasteiger partial charge in [0, 0.05) is 19.2 Å². The van der Waals surface area contributed by atoms with Gasteiger partial charge in [-0.3, -0.25) is 0 Å². The van der Waals surface area contributed by atoms with Gasteiger partial charge in [-0.05, 0) is 25.2 Å². The van der Waals surface area contributed by atoms with Crippen molar-refractivity contribution < 1.29 is 9.84 Å². The third-order valence-electron chi connectivity index (χ3n) is 2.91. The molecule has 3 heteroatoms. The van der Waals surface area contributed by atoms with E-state index in [2.05, 4.69) is 5.32 Å². The quantitative estimate of drug-likeness (QED) is 0.589. The topological polar surface area (TPSA) is 41.5 Å². The molecule has 2 heterocycles. The van der Waals surface area contributed by atoms with Crippen molar-refractivity contribution in [3.8, 4) is 0 Å². The Balaban J connectivity index is 1.83. The van der Waals surface area contributed by atoms with Crippen molar-refractivity contribution in [3.63, 3.8) is 0 Å². The van der Waals surface area contributed by atoms with Crippen molar-refractivity contribution in [2.24, 2.45) is 5.92 Å². The Morgan fingerprint density at radius 1 is 1.42 bits per heavy atom. The average molecular weight is 171 g/mol. The Labute approximate surface area is 73.1 Å². The zero-order valence-electron chi connectivity index (χ0n) is 7.33. The molecule has 2 N–H and O–H groups in total. The van der Waals surface area contributed by atoms with E-state index in [1.54, 1.807) is 0 Å². The zero-order valence-corrected chi connectivity index (χ0v) is 7.33. The fraction of sp³-hybridized carbons (Fsp3) is 1.00. The summed E-state index contributed by atoms with van der Waals surface area (Å²) < 4.78 is 5.41. The van der Waals surface area contributed by atoms with E-state index in [1.165, 1.54) is 12.8 Å². The van der Waals surface area contributed by atoms with Crippen LogP contribution in [0.15, 0.2) is 0 Å². The highest BCUT2D eigenvalue weighted by Crippen LogP contribution is 2.23. The average Bonchev–Trinajstić information content (AvgIpc) is 2.54. The molecule has 2 aliphatic heterocycles. The van der Waals surface area contributed by atoms with Crippen LogP contribution in [0.4, 0.5) is 0 Å². The molecule has 2 aliphatic rings. The van der Waals surface area contributed by atoms with Gasteiger partial charge < -0.3 is 15.2 Å². The molecule has 3 atom stereocenters. The predicted octanol–water partition coefficient (Wildman–Crippen LogP) is 0.136. The molecule has 3 nitrogen and oxygen atoms in total. The number of aliphatic hydroxyl groups is 1. The summed E-state index contributed by atoms with van der Waals surface area (Å²) in [5.41, 5.74) is 0. The Morgan fingerprint density at radius 3 is 2.92 bits per heavy atom. The molecule has 0 bridgehead atoms. The summed E-state index contributed by atoms with van der Waals surface area (Å²) in [6.07, 6.45) is 3.22. The number of aliphatic hydroxyl groups excluding tert-OH is 1. The monoisotopic (exact) mass is 171 g/mol. The Kier molecular flexibility index (Phi) is 2.63. The molecule has 12 heavy (non-hydrogen) atoms. The molecule has 0 aromatic carbocycles. The van der Waals surface area contributed by atoms with Crippen molar-refractivity contribution in [2.45, 2.75) is 31.4 Å². The lowest BCUT2D eigenvalue weighted by atomic mass is 9.92. The van der Waals surface area contributed by atoms with Gasteiger partial charge in [-0.2, -0.15) is 0 Å². The molecule has 2 rings (SSSR count). The molecule has 0 saturated carbocycles. The second kappa shape index (κ2) is 3.73. The summed E-state index contributed by atoms with van der Waals surface area (Å²) in [6, 6.07) is 0.500. The molecule has 0 unspecified atom stereocenters. The normalized spacial score (nSPS) is 43.2. The van der Waals surface area contributed by atoms with Gasteiger partial charge in [-0.1, -0.05) is 0 Å². The SMILES string of the molecule is O[C@@H]1CN[C@H]([C@@H]2CCCOC2)C1. The van der Waals surface area contributed by atoms with Gasteiger partial charge in [0.1, 0.15) is 0 Å². The number of hydrogen-bond acceptors (Lipinski definition) is 3. The molecule has 0 radical (unpaired) electrons. The van der Waals surface area contributed by atoms with Crippen LogP contribution in [0.3, 0.4) is 0 Å². The van der Waals surface area contributed by atoms with E-state index in [0.29, 0.717) is 12.0 Å². The minimum Gasteiger partial charge on any atom is -0.392 e. The van der Waals surface area contributed by atoms with E-state index in [0.717, 1.165) is 26.2 Å². The summed E-state index contributed by atoms with van der Waals surface area (Å²) in [5.74, 6) is 0.635. The maximum atomic E-state index is 9.33. The third kappa shape index (κ3) is 1.79. The molecule has 2 saturated heterocycles. The fourth-order valence-corrected chi connectivity index (χ4v) is 2.19. The van der Waals surface area contributed by atoms with Gasteiger partial charge >= 0.3 is 0 Å². The van der Waals surface area contributed by atoms with Crippen molar-refractivity contribution in [1.29, 1.82) is 0 Å². The van der Waals surface area contributed by atoms with E-state index in [1.807, 2.05) is 0 Å². The maximum Gasteiger partial charge on any atom is 0.0679 e. The van der Waals surface area contributed by atoms with Gasteiger partial charge in [-0.25, -0.2) is 0 Å². The first-order valence-electron chi connectivity index (χ1n) is 4.85. The lowest BCUT2D eigenvalue weighted by Gasteiger charge is -2.27. The standard InChI is InChI=1S/C9H17NO2/c11-8-4-9(10-5-8)7-2-1-3-12-6-7/h7-11H,1-6H2/t7-,8+,9+/m1/s1. The molecule has 0 spiro atoms. The van der Waals surface area contributed by atoms with E-state index in [-0.39, 0.29) is 6.10 Å². The summed E-state index contributed by atoms with van der Waals surface area (Å²) >= 11 is 0. The Bertz CT molecular complexity index is 143. The first kappa shape index (κ1) is 8.48. The number of β-amino-alcohol motifs (C(OH)–C–C–N with tert-alkyl or cyclic N) is 1. The number of rotatable bonds is 1. The summed E-state index contributed by atoms with van der Waals surface area (Å²) in [5, 5.41) is 12.7. The number of ether oxygens (including phenoxy) is 1. The molecule has 0 aromatic heterocycles. The molecular formula is C9H17NO2. The van der Waals surface area contributed by atoms with Crippen molar-refractivity contribution >= 4 is 0 Å². The van der Waals surface area contributed by atoms with Crippen molar-refractivity contribution in [1.82, 2.24) is 5.32 Å². The molecule has 0 aromatic rings. The van der Waals surface area contributed by atoms with Gasteiger partial charge in [0.2, 0.25) is 0 Å². The van der Waals surface area contributed by atoms with Gasteiger partial charge in [0.05, 0.1) is 12.7 Å². The minimum absolute atomic E-state index is 0.128. The molecule has 0 amide bonds. The number of nitrogens with one attached hydrogen (secondary N) is 1. The van der Waals surface area contributed by atoms with Crippen LogP contribution in [0.2, 0.25) is 0 Å². The summed E-state index contributed by atoms with van der Waals surface area (Å²) in [4.78, 5) is 0. The predicted molar refractivity (Wildman–Crippen MR) is 46.0 cm³/mol. The largest absolute Gasteiger partial charge is 0.392 e. The van der Waals surface area contributed by atoms with E-state index in [9.17, 15) is 5.11 Å². The van der Waals surface area contributed by atoms with Crippen LogP contribution >= 0.6 is 0 Å². The van der Waals surface area contributed by atoms with Crippen LogP contribution in [0.5, 0.6) is 0 Å². The van der Waals surface area contributed by atoms with E-state index in [4.69, 9.17) is 4.74 Å². The summed E-state index contributed by atoms with van der Waals surface area (Å²) in [6.45, 7) is 2.57. The first-order valence-corrected chi connectivity index (χ1v) is 4.85. The van der Waals surface area contributed by atoms with E-state index >= 15 is 0 Å². The molecule has 0 aliphatic carbocycles. The maximum absolute atomic E-state index is 9.33. The molecular weight excluding hydrogens is 154 g/mol. The summed E-state index contributed by atoms with van der Waals surface area (Å²) in [7, 11) is 0. The highest BCUT2D eigenvalue weighted by atomic mass is 16.5. The lowest BCUT2D eigenvalue weighted by Crippen LogP contribution is -2.35. The van der Waals surface area contributed by atoms with Gasteiger partial charge in [0.15, 0.2) is 0 Å². The van der Waals surface area contributed by atoms with Crippen LogP contribution in [-0.2, 0) is 4.74 Å². The van der Waals surface area contributed by atoms with Crippen LogP contribution in [0.1, 0.15) is 19.3 Å². The second-order valence-electron chi connectivity index (χ2n) is 3.88. The minimum atomic E-state index is -0.128. The zero-order chi connectivity index (χ0) is 8.39. The lowest BCUT2D eigenvalue weighted by molar-refractivity contribution is 0.0404. The Morgan fingerprint density at radius 2 is 2.33 bits per heavy atom. The number of hydrogen-bond donors (Lipinski definition) is 2. The van der Waals surface area contributed by atoms with Crippen LogP contribution in [0, 0.1) is 5.92 Å². The van der Waals surface area contributed by atoms with Crippen molar-refractivity contribution in [2.75, 3.05) is 19.8 Å². The molecule has 70 valence electrons. The highest BCUT2D eigenvalue weighted by Gasteiger charge is 2.30. The smallest absolute Gasteiger partial charge is 0.0679 e. The molecule has 2 fully saturated rings. The highest BCUT2D eigenvalue weighted by molar-refractivity contribution is 4.87. The Hall–Kier alpha value is -0.120. The van der Waals surface area contributed by atoms with Crippen LogP contribution < -0.4 is 5.32 Å².